The Morgan fingerprint density at radius 1 is 1.42 bits per heavy atom. The largest absolute Gasteiger partial charge is 0.389 e. The molecule has 1 aliphatic heterocycles. The summed E-state index contributed by atoms with van der Waals surface area (Å²) in [5.41, 5.74) is 7.03. The fourth-order valence-corrected chi connectivity index (χ4v) is 2.71. The van der Waals surface area contributed by atoms with Gasteiger partial charge in [0.25, 0.3) is 0 Å². The van der Waals surface area contributed by atoms with Crippen molar-refractivity contribution in [2.24, 2.45) is 17.6 Å². The van der Waals surface area contributed by atoms with Crippen LogP contribution in [0, 0.1) is 17.7 Å². The molecule has 0 aromatic heterocycles. The lowest BCUT2D eigenvalue weighted by atomic mass is 9.88. The average molecular weight is 280 g/mol. The zero-order chi connectivity index (χ0) is 14.0. The highest BCUT2D eigenvalue weighted by Gasteiger charge is 2.23. The Hall–Kier alpha value is -1.00. The lowest BCUT2D eigenvalue weighted by Gasteiger charge is -2.35. The van der Waals surface area contributed by atoms with Gasteiger partial charge in [0.1, 0.15) is 10.8 Å². The third-order valence-electron chi connectivity index (χ3n) is 4.14. The van der Waals surface area contributed by atoms with Crippen LogP contribution in [0.1, 0.15) is 31.4 Å². The molecule has 1 fully saturated rings. The van der Waals surface area contributed by atoms with Crippen molar-refractivity contribution in [2.75, 3.05) is 13.1 Å². The van der Waals surface area contributed by atoms with Crippen LogP contribution in [0.5, 0.6) is 0 Å². The smallest absolute Gasteiger partial charge is 0.127 e. The summed E-state index contributed by atoms with van der Waals surface area (Å²) >= 11 is 4.95. The lowest BCUT2D eigenvalue weighted by Crippen LogP contribution is -2.38. The van der Waals surface area contributed by atoms with E-state index in [1.165, 1.54) is 12.5 Å². The summed E-state index contributed by atoms with van der Waals surface area (Å²) in [6.07, 6.45) is 1.18. The van der Waals surface area contributed by atoms with E-state index in [1.807, 2.05) is 0 Å². The van der Waals surface area contributed by atoms with Gasteiger partial charge in [0.15, 0.2) is 0 Å². The lowest BCUT2D eigenvalue weighted by molar-refractivity contribution is 0.131. The number of likely N-dealkylation sites (tertiary alicyclic amines) is 1. The van der Waals surface area contributed by atoms with Crippen molar-refractivity contribution in [3.05, 3.63) is 35.1 Å². The van der Waals surface area contributed by atoms with Gasteiger partial charge in [-0.3, -0.25) is 4.90 Å². The molecule has 4 heteroatoms. The Bertz CT molecular complexity index is 475. The number of nitrogens with two attached hydrogens (primary N) is 1. The molecule has 0 saturated carbocycles. The number of nitrogens with zero attached hydrogens (tertiary/aromatic N) is 1. The van der Waals surface area contributed by atoms with Crippen LogP contribution in [0.3, 0.4) is 0 Å². The number of piperidine rings is 1. The minimum atomic E-state index is -0.175. The molecule has 1 aromatic rings. The van der Waals surface area contributed by atoms with Crippen molar-refractivity contribution in [1.82, 2.24) is 4.90 Å². The average Bonchev–Trinajstić information content (AvgIpc) is 2.36. The van der Waals surface area contributed by atoms with Gasteiger partial charge in [-0.2, -0.15) is 0 Å². The van der Waals surface area contributed by atoms with Crippen molar-refractivity contribution >= 4 is 17.2 Å². The van der Waals surface area contributed by atoms with Gasteiger partial charge in [-0.1, -0.05) is 26.1 Å². The quantitative estimate of drug-likeness (QED) is 0.863. The molecule has 1 aromatic carbocycles. The maximum absolute atomic E-state index is 13.9. The number of halogens is 1. The number of benzene rings is 1. The molecule has 1 saturated heterocycles. The number of hydrogen-bond donors (Lipinski definition) is 1. The molecule has 0 radical (unpaired) electrons. The van der Waals surface area contributed by atoms with E-state index in [-0.39, 0.29) is 5.82 Å². The maximum Gasteiger partial charge on any atom is 0.127 e. The second-order valence-electron chi connectivity index (χ2n) is 5.65. The van der Waals surface area contributed by atoms with Crippen LogP contribution in [0.4, 0.5) is 4.39 Å². The van der Waals surface area contributed by atoms with Gasteiger partial charge >= 0.3 is 0 Å². The summed E-state index contributed by atoms with van der Waals surface area (Å²) in [7, 11) is 0. The van der Waals surface area contributed by atoms with Crippen LogP contribution < -0.4 is 5.73 Å². The zero-order valence-corrected chi connectivity index (χ0v) is 12.3. The van der Waals surface area contributed by atoms with Crippen LogP contribution in [0.25, 0.3) is 0 Å². The summed E-state index contributed by atoms with van der Waals surface area (Å²) < 4.78 is 13.9. The molecule has 2 rings (SSSR count). The van der Waals surface area contributed by atoms with Gasteiger partial charge < -0.3 is 5.73 Å². The first kappa shape index (κ1) is 14.4. The predicted octanol–water partition coefficient (Wildman–Crippen LogP) is 2.94. The third-order valence-corrected chi connectivity index (χ3v) is 4.38. The van der Waals surface area contributed by atoms with Gasteiger partial charge in [0, 0.05) is 24.2 Å². The summed E-state index contributed by atoms with van der Waals surface area (Å²) in [5, 5.41) is 0. The van der Waals surface area contributed by atoms with Crippen molar-refractivity contribution in [3.8, 4) is 0 Å². The Balaban J connectivity index is 2.10. The second kappa shape index (κ2) is 5.97. The normalized spacial score (nSPS) is 24.4. The fourth-order valence-electron chi connectivity index (χ4n) is 2.58. The molecule has 0 amide bonds. The molecule has 0 bridgehead atoms. The molecule has 2 atom stereocenters. The minimum Gasteiger partial charge on any atom is -0.389 e. The number of thiocarbonyl (C=S) groups is 1. The molecule has 0 aliphatic carbocycles. The summed E-state index contributed by atoms with van der Waals surface area (Å²) in [6, 6.07) is 4.88. The van der Waals surface area contributed by atoms with E-state index in [1.54, 1.807) is 12.1 Å². The first-order chi connectivity index (χ1) is 8.97. The molecular weight excluding hydrogens is 259 g/mol. The first-order valence-corrected chi connectivity index (χ1v) is 7.18. The van der Waals surface area contributed by atoms with Crippen LogP contribution >= 0.6 is 12.2 Å². The van der Waals surface area contributed by atoms with E-state index in [2.05, 4.69) is 18.7 Å². The van der Waals surface area contributed by atoms with Crippen LogP contribution in [-0.2, 0) is 6.54 Å². The highest BCUT2D eigenvalue weighted by atomic mass is 32.1. The van der Waals surface area contributed by atoms with Gasteiger partial charge in [0.05, 0.1) is 0 Å². The highest BCUT2D eigenvalue weighted by Crippen LogP contribution is 2.24. The topological polar surface area (TPSA) is 29.3 Å². The van der Waals surface area contributed by atoms with E-state index in [9.17, 15) is 4.39 Å². The van der Waals surface area contributed by atoms with Crippen LogP contribution in [0.15, 0.2) is 18.2 Å². The van der Waals surface area contributed by atoms with Crippen molar-refractivity contribution in [3.63, 3.8) is 0 Å². The molecule has 104 valence electrons. The molecule has 1 aliphatic rings. The Labute approximate surface area is 119 Å². The van der Waals surface area contributed by atoms with E-state index >= 15 is 0 Å². The van der Waals surface area contributed by atoms with Crippen molar-refractivity contribution < 1.29 is 4.39 Å². The summed E-state index contributed by atoms with van der Waals surface area (Å²) in [6.45, 7) is 7.24. The Morgan fingerprint density at radius 3 is 2.79 bits per heavy atom. The maximum atomic E-state index is 13.9. The van der Waals surface area contributed by atoms with E-state index in [4.69, 9.17) is 18.0 Å². The molecule has 2 N–H and O–H groups in total. The third kappa shape index (κ3) is 3.51. The summed E-state index contributed by atoms with van der Waals surface area (Å²) in [4.78, 5) is 2.63. The van der Waals surface area contributed by atoms with E-state index in [0.29, 0.717) is 23.0 Å². The predicted molar refractivity (Wildman–Crippen MR) is 80.5 cm³/mol. The van der Waals surface area contributed by atoms with Crippen LogP contribution in [-0.4, -0.2) is 23.0 Å². The molecule has 1 heterocycles. The highest BCUT2D eigenvalue weighted by molar-refractivity contribution is 7.80. The van der Waals surface area contributed by atoms with E-state index < -0.39 is 0 Å². The SMILES string of the molecule is CC1CCN(Cc2cc(C(N)=S)ccc2F)CC1C. The van der Waals surface area contributed by atoms with Crippen LogP contribution in [0.2, 0.25) is 0 Å². The van der Waals surface area contributed by atoms with Crippen molar-refractivity contribution in [2.45, 2.75) is 26.8 Å². The molecule has 0 spiro atoms. The number of rotatable bonds is 3. The fraction of sp³-hybridized carbons (Fsp3) is 0.533. The minimum absolute atomic E-state index is 0.175. The molecule has 2 unspecified atom stereocenters. The monoisotopic (exact) mass is 280 g/mol. The van der Waals surface area contributed by atoms with Gasteiger partial charge in [-0.15, -0.1) is 0 Å². The second-order valence-corrected chi connectivity index (χ2v) is 6.09. The van der Waals surface area contributed by atoms with Crippen molar-refractivity contribution in [1.29, 1.82) is 0 Å². The standard InChI is InChI=1S/C15H21FN2S/c1-10-5-6-18(8-11(10)2)9-13-7-12(15(17)19)3-4-14(13)16/h3-4,7,10-11H,5-6,8-9H2,1-2H3,(H2,17,19). The molecule has 19 heavy (non-hydrogen) atoms. The Morgan fingerprint density at radius 2 is 2.16 bits per heavy atom. The zero-order valence-electron chi connectivity index (χ0n) is 11.5. The van der Waals surface area contributed by atoms with Gasteiger partial charge in [-0.25, -0.2) is 4.39 Å². The van der Waals surface area contributed by atoms with Gasteiger partial charge in [-0.05, 0) is 43.0 Å². The molecule has 2 nitrogen and oxygen atoms in total. The van der Waals surface area contributed by atoms with Gasteiger partial charge in [0.2, 0.25) is 0 Å². The van der Waals surface area contributed by atoms with E-state index in [0.717, 1.165) is 24.6 Å². The first-order valence-electron chi connectivity index (χ1n) is 6.78. The summed E-state index contributed by atoms with van der Waals surface area (Å²) in [5.74, 6) is 1.24. The Kier molecular flexibility index (Phi) is 4.53. The molecular formula is C15H21FN2S. The number of hydrogen-bond acceptors (Lipinski definition) is 2.